The zero-order valence-corrected chi connectivity index (χ0v) is 10.00. The molecule has 0 bridgehead atoms. The van der Waals surface area contributed by atoms with Crippen LogP contribution in [0, 0.1) is 11.7 Å². The summed E-state index contributed by atoms with van der Waals surface area (Å²) < 4.78 is 13.7. The largest absolute Gasteiger partial charge is 0.481 e. The summed E-state index contributed by atoms with van der Waals surface area (Å²) in [7, 11) is 0. The number of carboxylic acids is 1. The molecule has 0 saturated carbocycles. The molecule has 0 aliphatic carbocycles. The highest BCUT2D eigenvalue weighted by atomic mass is 79.9. The first-order chi connectivity index (χ1) is 7.58. The molecule has 2 atom stereocenters. The van der Waals surface area contributed by atoms with E-state index >= 15 is 0 Å². The minimum absolute atomic E-state index is 0.0660. The van der Waals surface area contributed by atoms with Crippen molar-refractivity contribution in [2.45, 2.75) is 12.5 Å². The fraction of sp³-hybridized carbons (Fsp3) is 0.364. The van der Waals surface area contributed by atoms with Crippen LogP contribution < -0.4 is 5.32 Å². The molecule has 86 valence electrons. The lowest BCUT2D eigenvalue weighted by Gasteiger charge is -2.10. The molecule has 0 radical (unpaired) electrons. The second-order valence-electron chi connectivity index (χ2n) is 3.91. The Morgan fingerprint density at radius 2 is 2.31 bits per heavy atom. The summed E-state index contributed by atoms with van der Waals surface area (Å²) in [6.45, 7) is 0.442. The number of aliphatic carboxylic acids is 1. The van der Waals surface area contributed by atoms with Gasteiger partial charge in [0.05, 0.1) is 10.4 Å². The van der Waals surface area contributed by atoms with Crippen LogP contribution in [0.2, 0.25) is 0 Å². The van der Waals surface area contributed by atoms with Crippen molar-refractivity contribution in [3.63, 3.8) is 0 Å². The van der Waals surface area contributed by atoms with Gasteiger partial charge in [-0.3, -0.25) is 4.79 Å². The molecular formula is C11H11BrFNO2. The van der Waals surface area contributed by atoms with Crippen LogP contribution in [0.15, 0.2) is 22.7 Å². The topological polar surface area (TPSA) is 49.3 Å². The molecule has 16 heavy (non-hydrogen) atoms. The van der Waals surface area contributed by atoms with Crippen LogP contribution in [-0.4, -0.2) is 17.6 Å². The Morgan fingerprint density at radius 3 is 2.88 bits per heavy atom. The Morgan fingerprint density at radius 1 is 1.56 bits per heavy atom. The highest BCUT2D eigenvalue weighted by molar-refractivity contribution is 9.10. The van der Waals surface area contributed by atoms with Crippen molar-refractivity contribution in [3.8, 4) is 0 Å². The van der Waals surface area contributed by atoms with E-state index in [9.17, 15) is 9.18 Å². The summed E-state index contributed by atoms with van der Waals surface area (Å²) in [6.07, 6.45) is 0.510. The number of rotatable bonds is 2. The van der Waals surface area contributed by atoms with Crippen LogP contribution in [0.1, 0.15) is 18.0 Å². The standard InChI is InChI=1S/C11H11BrFNO2/c12-8-2-1-6(3-9(8)13)10-4-7(5-14-10)11(15)16/h1-3,7,10,14H,4-5H2,(H,15,16). The van der Waals surface area contributed by atoms with Gasteiger partial charge in [-0.05, 0) is 40.0 Å². The number of hydrogen-bond donors (Lipinski definition) is 2. The third-order valence-corrected chi connectivity index (χ3v) is 3.47. The number of carboxylic acid groups (broad SMARTS) is 1. The second-order valence-corrected chi connectivity index (χ2v) is 4.76. The van der Waals surface area contributed by atoms with E-state index in [0.29, 0.717) is 17.4 Å². The summed E-state index contributed by atoms with van der Waals surface area (Å²) in [5.41, 5.74) is 0.796. The van der Waals surface area contributed by atoms with Gasteiger partial charge in [0.1, 0.15) is 5.82 Å². The van der Waals surface area contributed by atoms with E-state index in [4.69, 9.17) is 5.11 Å². The molecule has 0 aromatic heterocycles. The Balaban J connectivity index is 2.14. The Kier molecular flexibility index (Phi) is 3.25. The van der Waals surface area contributed by atoms with Crippen molar-refractivity contribution in [1.82, 2.24) is 5.32 Å². The Hall–Kier alpha value is -0.940. The SMILES string of the molecule is O=C(O)C1CNC(c2ccc(Br)c(F)c2)C1. The Labute approximate surface area is 101 Å². The summed E-state index contributed by atoms with van der Waals surface area (Å²) in [6, 6.07) is 4.81. The van der Waals surface area contributed by atoms with Crippen molar-refractivity contribution in [1.29, 1.82) is 0 Å². The van der Waals surface area contributed by atoms with Gasteiger partial charge in [0, 0.05) is 12.6 Å². The molecule has 2 rings (SSSR count). The number of hydrogen-bond acceptors (Lipinski definition) is 2. The Bertz CT molecular complexity index is 424. The van der Waals surface area contributed by atoms with Gasteiger partial charge >= 0.3 is 5.97 Å². The van der Waals surface area contributed by atoms with E-state index in [0.717, 1.165) is 5.56 Å². The first-order valence-corrected chi connectivity index (χ1v) is 5.78. The molecule has 1 aliphatic heterocycles. The normalized spacial score (nSPS) is 24.6. The van der Waals surface area contributed by atoms with Crippen LogP contribution in [0.5, 0.6) is 0 Å². The summed E-state index contributed by atoms with van der Waals surface area (Å²) >= 11 is 3.08. The van der Waals surface area contributed by atoms with E-state index in [1.54, 1.807) is 12.1 Å². The smallest absolute Gasteiger partial charge is 0.307 e. The first kappa shape index (κ1) is 11.5. The van der Waals surface area contributed by atoms with Gasteiger partial charge in [0.25, 0.3) is 0 Å². The summed E-state index contributed by atoms with van der Waals surface area (Å²) in [5, 5.41) is 11.9. The molecule has 2 N–H and O–H groups in total. The molecule has 1 aromatic rings. The molecule has 1 saturated heterocycles. The van der Waals surface area contributed by atoms with Crippen LogP contribution in [-0.2, 0) is 4.79 Å². The lowest BCUT2D eigenvalue weighted by atomic mass is 10.0. The average molecular weight is 288 g/mol. The number of nitrogens with one attached hydrogen (secondary N) is 1. The highest BCUT2D eigenvalue weighted by Crippen LogP contribution is 2.29. The van der Waals surface area contributed by atoms with Gasteiger partial charge in [0.15, 0.2) is 0 Å². The van der Waals surface area contributed by atoms with Crippen molar-refractivity contribution >= 4 is 21.9 Å². The molecule has 1 aromatic carbocycles. The summed E-state index contributed by atoms with van der Waals surface area (Å²) in [4.78, 5) is 10.8. The lowest BCUT2D eigenvalue weighted by Crippen LogP contribution is -2.17. The molecule has 1 fully saturated rings. The molecule has 5 heteroatoms. The quantitative estimate of drug-likeness (QED) is 0.878. The second kappa shape index (κ2) is 4.51. The monoisotopic (exact) mass is 287 g/mol. The lowest BCUT2D eigenvalue weighted by molar-refractivity contribution is -0.141. The maximum atomic E-state index is 13.3. The predicted molar refractivity (Wildman–Crippen MR) is 60.6 cm³/mol. The number of halogens is 2. The van der Waals surface area contributed by atoms with Gasteiger partial charge in [-0.2, -0.15) is 0 Å². The van der Waals surface area contributed by atoms with E-state index in [2.05, 4.69) is 21.2 Å². The molecule has 0 amide bonds. The predicted octanol–water partition coefficient (Wildman–Crippen LogP) is 2.32. The zero-order chi connectivity index (χ0) is 11.7. The van der Waals surface area contributed by atoms with Crippen LogP contribution in [0.25, 0.3) is 0 Å². The van der Waals surface area contributed by atoms with Gasteiger partial charge in [-0.1, -0.05) is 6.07 Å². The van der Waals surface area contributed by atoms with Crippen molar-refractivity contribution in [3.05, 3.63) is 34.1 Å². The molecular weight excluding hydrogens is 277 g/mol. The maximum Gasteiger partial charge on any atom is 0.307 e. The van der Waals surface area contributed by atoms with Gasteiger partial charge in [-0.15, -0.1) is 0 Å². The van der Waals surface area contributed by atoms with Gasteiger partial charge in [0.2, 0.25) is 0 Å². The zero-order valence-electron chi connectivity index (χ0n) is 8.41. The minimum Gasteiger partial charge on any atom is -0.481 e. The molecule has 1 heterocycles. The van der Waals surface area contributed by atoms with Crippen LogP contribution in [0.3, 0.4) is 0 Å². The van der Waals surface area contributed by atoms with Crippen molar-refractivity contribution in [2.75, 3.05) is 6.54 Å². The molecule has 0 spiro atoms. The number of benzene rings is 1. The summed E-state index contributed by atoms with van der Waals surface area (Å²) in [5.74, 6) is -1.50. The molecule has 1 aliphatic rings. The van der Waals surface area contributed by atoms with Crippen LogP contribution in [0.4, 0.5) is 4.39 Å². The minimum atomic E-state index is -0.799. The van der Waals surface area contributed by atoms with Crippen LogP contribution >= 0.6 is 15.9 Å². The third kappa shape index (κ3) is 2.25. The molecule has 3 nitrogen and oxygen atoms in total. The molecule has 2 unspecified atom stereocenters. The number of carbonyl (C=O) groups is 1. The fourth-order valence-corrected chi connectivity index (χ4v) is 2.15. The van der Waals surface area contributed by atoms with E-state index in [-0.39, 0.29) is 17.8 Å². The van der Waals surface area contributed by atoms with Crippen molar-refractivity contribution < 1.29 is 14.3 Å². The van der Waals surface area contributed by atoms with Gasteiger partial charge < -0.3 is 10.4 Å². The maximum absolute atomic E-state index is 13.3. The van der Waals surface area contributed by atoms with E-state index < -0.39 is 5.97 Å². The average Bonchev–Trinajstić information content (AvgIpc) is 2.71. The highest BCUT2D eigenvalue weighted by Gasteiger charge is 2.30. The fourth-order valence-electron chi connectivity index (χ4n) is 1.91. The third-order valence-electron chi connectivity index (χ3n) is 2.83. The van der Waals surface area contributed by atoms with Gasteiger partial charge in [-0.25, -0.2) is 4.39 Å². The van der Waals surface area contributed by atoms with E-state index in [1.807, 2.05) is 0 Å². The first-order valence-electron chi connectivity index (χ1n) is 4.99. The van der Waals surface area contributed by atoms with E-state index in [1.165, 1.54) is 6.07 Å². The van der Waals surface area contributed by atoms with Crippen molar-refractivity contribution in [2.24, 2.45) is 5.92 Å².